The van der Waals surface area contributed by atoms with E-state index in [1.165, 1.54) is 12.1 Å². The number of para-hydroxylation sites is 2. The van der Waals surface area contributed by atoms with Gasteiger partial charge in [0.25, 0.3) is 0 Å². The molecule has 146 valence electrons. The monoisotopic (exact) mass is 395 g/mol. The highest BCUT2D eigenvalue weighted by atomic mass is 19.1. The zero-order valence-corrected chi connectivity index (χ0v) is 16.0. The van der Waals surface area contributed by atoms with E-state index < -0.39 is 5.82 Å². The van der Waals surface area contributed by atoms with Crippen LogP contribution in [0, 0.1) is 17.1 Å². The number of carbonyl (C=O) groups excluding carboxylic acids is 1. The van der Waals surface area contributed by atoms with Crippen LogP contribution in [0.1, 0.15) is 11.1 Å². The van der Waals surface area contributed by atoms with Gasteiger partial charge in [-0.2, -0.15) is 5.26 Å². The average Bonchev–Trinajstić information content (AvgIpc) is 3.10. The summed E-state index contributed by atoms with van der Waals surface area (Å²) in [6.45, 7) is 0.130. The number of amides is 1. The topological polar surface area (TPSA) is 57.8 Å². The number of carbonyl (C=O) groups is 1. The standard InChI is InChI=1S/C25H18FN3O/c26-21-8-6-7-18(14-21)19(15-27)13-20-16-29(24-12-5-4-11-23(20)24)17-25(30)28-22-9-2-1-3-10-22/h1-14,16H,17H2,(H,28,30)/b19-13-. The molecule has 0 aliphatic rings. The van der Waals surface area contributed by atoms with E-state index in [4.69, 9.17) is 0 Å². The quantitative estimate of drug-likeness (QED) is 0.455. The number of hydrogen-bond acceptors (Lipinski definition) is 2. The fraction of sp³-hybridized carbons (Fsp3) is 0.0400. The number of allylic oxidation sites excluding steroid dienone is 1. The van der Waals surface area contributed by atoms with Crippen molar-refractivity contribution >= 4 is 34.1 Å². The van der Waals surface area contributed by atoms with Crippen molar-refractivity contribution in [1.29, 1.82) is 5.26 Å². The minimum Gasteiger partial charge on any atom is -0.337 e. The molecule has 1 aromatic heterocycles. The fourth-order valence-corrected chi connectivity index (χ4v) is 3.39. The van der Waals surface area contributed by atoms with Gasteiger partial charge in [-0.1, -0.05) is 48.5 Å². The maximum absolute atomic E-state index is 13.6. The van der Waals surface area contributed by atoms with Crippen molar-refractivity contribution in [2.75, 3.05) is 5.32 Å². The molecule has 0 saturated carbocycles. The molecule has 3 aromatic carbocycles. The van der Waals surface area contributed by atoms with E-state index in [-0.39, 0.29) is 12.5 Å². The molecule has 4 aromatic rings. The predicted octanol–water partition coefficient (Wildman–Crippen LogP) is 5.48. The molecule has 4 nitrogen and oxygen atoms in total. The van der Waals surface area contributed by atoms with Gasteiger partial charge >= 0.3 is 0 Å². The number of fused-ring (bicyclic) bond motifs is 1. The lowest BCUT2D eigenvalue weighted by Gasteiger charge is -2.07. The van der Waals surface area contributed by atoms with E-state index in [0.29, 0.717) is 11.1 Å². The van der Waals surface area contributed by atoms with Gasteiger partial charge in [0.2, 0.25) is 5.91 Å². The van der Waals surface area contributed by atoms with Gasteiger partial charge in [0.05, 0.1) is 11.6 Å². The van der Waals surface area contributed by atoms with E-state index in [1.54, 1.807) is 18.2 Å². The summed E-state index contributed by atoms with van der Waals surface area (Å²) in [5.41, 5.74) is 3.27. The van der Waals surface area contributed by atoms with E-state index in [0.717, 1.165) is 22.2 Å². The van der Waals surface area contributed by atoms with Crippen molar-refractivity contribution < 1.29 is 9.18 Å². The highest BCUT2D eigenvalue weighted by molar-refractivity contribution is 5.99. The number of benzene rings is 3. The molecule has 0 unspecified atom stereocenters. The minimum atomic E-state index is -0.395. The Kier molecular flexibility index (Phi) is 5.40. The summed E-state index contributed by atoms with van der Waals surface area (Å²) in [5.74, 6) is -0.545. The second-order valence-electron chi connectivity index (χ2n) is 6.82. The second kappa shape index (κ2) is 8.46. The molecular formula is C25H18FN3O. The summed E-state index contributed by atoms with van der Waals surface area (Å²) in [4.78, 5) is 12.5. The lowest BCUT2D eigenvalue weighted by Crippen LogP contribution is -2.18. The molecule has 1 N–H and O–H groups in total. The Bertz CT molecular complexity index is 1280. The predicted molar refractivity (Wildman–Crippen MR) is 117 cm³/mol. The van der Waals surface area contributed by atoms with Crippen LogP contribution in [0.25, 0.3) is 22.6 Å². The number of nitrogens with one attached hydrogen (secondary N) is 1. The van der Waals surface area contributed by atoms with Crippen LogP contribution < -0.4 is 5.32 Å². The third-order valence-electron chi connectivity index (χ3n) is 4.75. The zero-order valence-electron chi connectivity index (χ0n) is 16.0. The molecule has 1 amide bonds. The van der Waals surface area contributed by atoms with Crippen LogP contribution in [-0.4, -0.2) is 10.5 Å². The van der Waals surface area contributed by atoms with Gasteiger partial charge in [-0.15, -0.1) is 0 Å². The first-order valence-electron chi connectivity index (χ1n) is 9.44. The maximum atomic E-state index is 13.6. The number of nitriles is 1. The van der Waals surface area contributed by atoms with Crippen molar-refractivity contribution in [1.82, 2.24) is 4.57 Å². The van der Waals surface area contributed by atoms with Crippen LogP contribution in [0.2, 0.25) is 0 Å². The van der Waals surface area contributed by atoms with Gasteiger partial charge in [0.15, 0.2) is 0 Å². The van der Waals surface area contributed by atoms with E-state index in [1.807, 2.05) is 65.4 Å². The summed E-state index contributed by atoms with van der Waals surface area (Å²) >= 11 is 0. The molecule has 0 aliphatic carbocycles. The first-order chi connectivity index (χ1) is 14.6. The number of rotatable bonds is 5. The molecule has 0 saturated heterocycles. The van der Waals surface area contributed by atoms with E-state index in [9.17, 15) is 14.4 Å². The normalized spacial score (nSPS) is 11.3. The number of nitrogens with zero attached hydrogens (tertiary/aromatic N) is 2. The van der Waals surface area contributed by atoms with Crippen LogP contribution in [-0.2, 0) is 11.3 Å². The Balaban J connectivity index is 1.68. The molecule has 0 radical (unpaired) electrons. The fourth-order valence-electron chi connectivity index (χ4n) is 3.39. The SMILES string of the molecule is N#C/C(=C/c1cn(CC(=O)Nc2ccccc2)c2ccccc12)c1cccc(F)c1. The summed E-state index contributed by atoms with van der Waals surface area (Å²) in [5, 5.41) is 13.4. The van der Waals surface area contributed by atoms with Crippen LogP contribution in [0.5, 0.6) is 0 Å². The molecule has 0 bridgehead atoms. The molecule has 0 spiro atoms. The van der Waals surface area contributed by atoms with Gasteiger partial charge in [0, 0.05) is 28.4 Å². The first-order valence-corrected chi connectivity index (χ1v) is 9.44. The Hall–Kier alpha value is -4.17. The largest absolute Gasteiger partial charge is 0.337 e. The highest BCUT2D eigenvalue weighted by Gasteiger charge is 2.12. The molecule has 5 heteroatoms. The molecule has 0 atom stereocenters. The number of hydrogen-bond donors (Lipinski definition) is 1. The highest BCUT2D eigenvalue weighted by Crippen LogP contribution is 2.26. The van der Waals surface area contributed by atoms with Crippen molar-refractivity contribution in [3.05, 3.63) is 102 Å². The van der Waals surface area contributed by atoms with Crippen LogP contribution in [0.4, 0.5) is 10.1 Å². The Morgan fingerprint density at radius 2 is 1.80 bits per heavy atom. The Morgan fingerprint density at radius 1 is 1.03 bits per heavy atom. The lowest BCUT2D eigenvalue weighted by atomic mass is 10.0. The smallest absolute Gasteiger partial charge is 0.244 e. The molecule has 4 rings (SSSR count). The van der Waals surface area contributed by atoms with Crippen molar-refractivity contribution in [2.24, 2.45) is 0 Å². The third-order valence-corrected chi connectivity index (χ3v) is 4.75. The minimum absolute atomic E-state index is 0.130. The second-order valence-corrected chi connectivity index (χ2v) is 6.82. The number of anilines is 1. The van der Waals surface area contributed by atoms with Crippen molar-refractivity contribution in [2.45, 2.75) is 6.54 Å². The van der Waals surface area contributed by atoms with Crippen molar-refractivity contribution in [3.63, 3.8) is 0 Å². The van der Waals surface area contributed by atoms with Crippen LogP contribution in [0.15, 0.2) is 85.1 Å². The summed E-state index contributed by atoms with van der Waals surface area (Å²) in [6, 6.07) is 25.0. The molecule has 0 aliphatic heterocycles. The van der Waals surface area contributed by atoms with Crippen molar-refractivity contribution in [3.8, 4) is 6.07 Å². The molecule has 1 heterocycles. The Labute approximate surface area is 173 Å². The summed E-state index contributed by atoms with van der Waals surface area (Å²) in [6.07, 6.45) is 3.56. The zero-order chi connectivity index (χ0) is 20.9. The number of aromatic nitrogens is 1. The van der Waals surface area contributed by atoms with Gasteiger partial charge in [-0.05, 0) is 42.0 Å². The number of halogens is 1. The van der Waals surface area contributed by atoms with E-state index in [2.05, 4.69) is 11.4 Å². The van der Waals surface area contributed by atoms with Gasteiger partial charge < -0.3 is 9.88 Å². The third kappa shape index (κ3) is 4.13. The summed E-state index contributed by atoms with van der Waals surface area (Å²) < 4.78 is 15.4. The van der Waals surface area contributed by atoms with Crippen LogP contribution >= 0.6 is 0 Å². The molecule has 30 heavy (non-hydrogen) atoms. The first kappa shape index (κ1) is 19.2. The molecular weight excluding hydrogens is 377 g/mol. The lowest BCUT2D eigenvalue weighted by molar-refractivity contribution is -0.116. The average molecular weight is 395 g/mol. The van der Waals surface area contributed by atoms with Gasteiger partial charge in [0.1, 0.15) is 12.4 Å². The maximum Gasteiger partial charge on any atom is 0.244 e. The van der Waals surface area contributed by atoms with Gasteiger partial charge in [-0.25, -0.2) is 4.39 Å². The molecule has 0 fully saturated rings. The Morgan fingerprint density at radius 3 is 2.57 bits per heavy atom. The summed E-state index contributed by atoms with van der Waals surface area (Å²) in [7, 11) is 0. The van der Waals surface area contributed by atoms with E-state index >= 15 is 0 Å². The van der Waals surface area contributed by atoms with Crippen LogP contribution in [0.3, 0.4) is 0 Å². The van der Waals surface area contributed by atoms with Gasteiger partial charge in [-0.3, -0.25) is 4.79 Å².